The second-order valence-corrected chi connectivity index (χ2v) is 5.37. The molecule has 0 aliphatic rings. The summed E-state index contributed by atoms with van der Waals surface area (Å²) < 4.78 is 0. The van der Waals surface area contributed by atoms with Crippen LogP contribution < -0.4 is 0 Å². The molecule has 0 radical (unpaired) electrons. The van der Waals surface area contributed by atoms with Crippen LogP contribution in [0.5, 0.6) is 0 Å². The van der Waals surface area contributed by atoms with Gasteiger partial charge in [0.05, 0.1) is 13.7 Å². The van der Waals surface area contributed by atoms with Crippen LogP contribution in [0.1, 0.15) is 43.5 Å². The van der Waals surface area contributed by atoms with Gasteiger partial charge in [-0.25, -0.2) is 5.06 Å². The normalized spacial score (nSPS) is 11.7. The van der Waals surface area contributed by atoms with Crippen molar-refractivity contribution >= 4 is 16.7 Å². The highest BCUT2D eigenvalue weighted by atomic mass is 16.7. The summed E-state index contributed by atoms with van der Waals surface area (Å²) in [6.07, 6.45) is 8.54. The van der Waals surface area contributed by atoms with Gasteiger partial charge in [-0.05, 0) is 36.8 Å². The van der Waals surface area contributed by atoms with E-state index < -0.39 is 0 Å². The first kappa shape index (κ1) is 17.2. The van der Waals surface area contributed by atoms with E-state index in [1.807, 2.05) is 24.3 Å². The molecule has 4 nitrogen and oxygen atoms in total. The van der Waals surface area contributed by atoms with Crippen molar-refractivity contribution < 1.29 is 9.63 Å². The van der Waals surface area contributed by atoms with Crippen LogP contribution in [0, 0.1) is 0 Å². The number of benzene rings is 1. The third-order valence-corrected chi connectivity index (χ3v) is 3.94. The van der Waals surface area contributed by atoms with Gasteiger partial charge in [-0.15, -0.1) is 0 Å². The third kappa shape index (κ3) is 4.17. The van der Waals surface area contributed by atoms with Crippen molar-refractivity contribution in [2.75, 3.05) is 13.7 Å². The molecule has 0 unspecified atom stereocenters. The van der Waals surface area contributed by atoms with E-state index in [1.54, 1.807) is 19.5 Å². The lowest BCUT2D eigenvalue weighted by molar-refractivity contribution is -0.0941. The highest BCUT2D eigenvalue weighted by molar-refractivity contribution is 6.06. The molecule has 1 aromatic carbocycles. The third-order valence-electron chi connectivity index (χ3n) is 3.94. The van der Waals surface area contributed by atoms with Gasteiger partial charge in [0.2, 0.25) is 0 Å². The maximum atomic E-state index is 12.8. The van der Waals surface area contributed by atoms with Gasteiger partial charge in [0.25, 0.3) is 5.91 Å². The Morgan fingerprint density at radius 2 is 2.13 bits per heavy atom. The molecule has 0 atom stereocenters. The maximum absolute atomic E-state index is 12.8. The minimum absolute atomic E-state index is 0.115. The van der Waals surface area contributed by atoms with E-state index in [4.69, 9.17) is 4.84 Å². The van der Waals surface area contributed by atoms with Crippen LogP contribution in [-0.4, -0.2) is 29.6 Å². The first-order chi connectivity index (χ1) is 11.2. The minimum atomic E-state index is -0.115. The Morgan fingerprint density at radius 1 is 1.30 bits per heavy atom. The van der Waals surface area contributed by atoms with Crippen LogP contribution in [-0.2, 0) is 4.84 Å². The Hall–Kier alpha value is -2.20. The maximum Gasteiger partial charge on any atom is 0.278 e. The van der Waals surface area contributed by atoms with Crippen molar-refractivity contribution in [1.29, 1.82) is 0 Å². The van der Waals surface area contributed by atoms with Gasteiger partial charge in [0.15, 0.2) is 0 Å². The fraction of sp³-hybridized carbons (Fsp3) is 0.368. The molecule has 0 aliphatic heterocycles. The van der Waals surface area contributed by atoms with E-state index in [9.17, 15) is 4.79 Å². The number of amides is 1. The van der Waals surface area contributed by atoms with Gasteiger partial charge in [-0.3, -0.25) is 14.6 Å². The Balaban J connectivity index is 2.20. The molecule has 0 spiro atoms. The van der Waals surface area contributed by atoms with E-state index in [-0.39, 0.29) is 5.91 Å². The molecule has 2 aromatic rings. The molecule has 23 heavy (non-hydrogen) atoms. The number of pyridine rings is 1. The topological polar surface area (TPSA) is 42.4 Å². The Morgan fingerprint density at radius 3 is 2.83 bits per heavy atom. The molecule has 1 aromatic heterocycles. The lowest BCUT2D eigenvalue weighted by Gasteiger charge is -2.21. The second kappa shape index (κ2) is 8.44. The first-order valence-electron chi connectivity index (χ1n) is 8.07. The van der Waals surface area contributed by atoms with E-state index in [0.717, 1.165) is 30.0 Å². The number of hydrogen-bond acceptors (Lipinski definition) is 3. The molecular formula is C19H24N2O2. The fourth-order valence-electron chi connectivity index (χ4n) is 2.68. The molecule has 0 saturated heterocycles. The van der Waals surface area contributed by atoms with Crippen molar-refractivity contribution in [2.45, 2.75) is 33.1 Å². The van der Waals surface area contributed by atoms with Crippen LogP contribution in [0.25, 0.3) is 10.8 Å². The molecule has 1 heterocycles. The number of carbonyl (C=O) groups is 1. The molecule has 0 bridgehead atoms. The number of fused-ring (bicyclic) bond motifs is 1. The first-order valence-corrected chi connectivity index (χ1v) is 8.07. The summed E-state index contributed by atoms with van der Waals surface area (Å²) in [4.78, 5) is 22.2. The number of nitrogens with zero attached hydrogens (tertiary/aromatic N) is 2. The Labute approximate surface area is 137 Å². The Kier molecular flexibility index (Phi) is 6.29. The minimum Gasteiger partial charge on any atom is -0.274 e. The van der Waals surface area contributed by atoms with Crippen molar-refractivity contribution in [3.63, 3.8) is 0 Å². The van der Waals surface area contributed by atoms with E-state index in [1.165, 1.54) is 10.6 Å². The van der Waals surface area contributed by atoms with Crippen LogP contribution in [0.4, 0.5) is 0 Å². The van der Waals surface area contributed by atoms with E-state index in [0.29, 0.717) is 12.1 Å². The lowest BCUT2D eigenvalue weighted by atomic mass is 10.1. The average Bonchev–Trinajstić information content (AvgIpc) is 2.60. The predicted octanol–water partition coefficient (Wildman–Crippen LogP) is 4.37. The standard InChI is InChI=1S/C19H24N2O2/c1-4-7-15(5-2)11-13-21(23-3)19(22)18-9-6-8-16-14-20-12-10-17(16)18/h6-10,12,14H,4-5,11,13H2,1-3H3/b15-7+. The monoisotopic (exact) mass is 312 g/mol. The number of hydroxylamine groups is 2. The fourth-order valence-corrected chi connectivity index (χ4v) is 2.68. The molecule has 0 saturated carbocycles. The summed E-state index contributed by atoms with van der Waals surface area (Å²) in [5, 5.41) is 3.29. The van der Waals surface area contributed by atoms with Crippen molar-refractivity contribution in [2.24, 2.45) is 0 Å². The highest BCUT2D eigenvalue weighted by Crippen LogP contribution is 2.20. The Bertz CT molecular complexity index is 689. The average molecular weight is 312 g/mol. The zero-order valence-corrected chi connectivity index (χ0v) is 14.1. The van der Waals surface area contributed by atoms with Gasteiger partial charge in [0.1, 0.15) is 0 Å². The van der Waals surface area contributed by atoms with Crippen molar-refractivity contribution in [3.05, 3.63) is 53.9 Å². The summed E-state index contributed by atoms with van der Waals surface area (Å²) in [5.41, 5.74) is 1.99. The molecular weight excluding hydrogens is 288 g/mol. The van der Waals surface area contributed by atoms with Gasteiger partial charge < -0.3 is 0 Å². The number of aromatic nitrogens is 1. The lowest BCUT2D eigenvalue weighted by Crippen LogP contribution is -2.31. The summed E-state index contributed by atoms with van der Waals surface area (Å²) >= 11 is 0. The molecule has 122 valence electrons. The smallest absolute Gasteiger partial charge is 0.274 e. The largest absolute Gasteiger partial charge is 0.278 e. The SMILES string of the molecule is CC/C=C(\CC)CCN(OC)C(=O)c1cccc2cnccc12. The zero-order chi connectivity index (χ0) is 16.7. The van der Waals surface area contributed by atoms with Gasteiger partial charge in [-0.1, -0.05) is 37.6 Å². The summed E-state index contributed by atoms with van der Waals surface area (Å²) in [5.74, 6) is -0.115. The summed E-state index contributed by atoms with van der Waals surface area (Å²) in [6, 6.07) is 7.53. The quantitative estimate of drug-likeness (QED) is 0.563. The number of allylic oxidation sites excluding steroid dienone is 1. The van der Waals surface area contributed by atoms with Crippen LogP contribution >= 0.6 is 0 Å². The molecule has 0 aliphatic carbocycles. The van der Waals surface area contributed by atoms with Gasteiger partial charge >= 0.3 is 0 Å². The van der Waals surface area contributed by atoms with Gasteiger partial charge in [0, 0.05) is 23.3 Å². The van der Waals surface area contributed by atoms with E-state index >= 15 is 0 Å². The second-order valence-electron chi connectivity index (χ2n) is 5.37. The zero-order valence-electron chi connectivity index (χ0n) is 14.1. The number of rotatable bonds is 7. The molecule has 1 amide bonds. The summed E-state index contributed by atoms with van der Waals surface area (Å²) in [7, 11) is 1.54. The number of carbonyl (C=O) groups excluding carboxylic acids is 1. The molecule has 0 N–H and O–H groups in total. The molecule has 0 fully saturated rings. The molecule has 4 heteroatoms. The summed E-state index contributed by atoms with van der Waals surface area (Å²) in [6.45, 7) is 4.81. The van der Waals surface area contributed by atoms with Crippen molar-refractivity contribution in [3.8, 4) is 0 Å². The van der Waals surface area contributed by atoms with Gasteiger partial charge in [-0.2, -0.15) is 0 Å². The van der Waals surface area contributed by atoms with Crippen LogP contribution in [0.3, 0.4) is 0 Å². The van der Waals surface area contributed by atoms with Crippen LogP contribution in [0.2, 0.25) is 0 Å². The van der Waals surface area contributed by atoms with E-state index in [2.05, 4.69) is 24.9 Å². The van der Waals surface area contributed by atoms with Crippen LogP contribution in [0.15, 0.2) is 48.3 Å². The van der Waals surface area contributed by atoms with Crippen molar-refractivity contribution in [1.82, 2.24) is 10.0 Å². The predicted molar refractivity (Wildman–Crippen MR) is 93.1 cm³/mol. The number of hydrogen-bond donors (Lipinski definition) is 0. The highest BCUT2D eigenvalue weighted by Gasteiger charge is 2.18. The molecule has 2 rings (SSSR count).